The summed E-state index contributed by atoms with van der Waals surface area (Å²) in [6.45, 7) is 9.45. The standard InChI is InChI=1S/C19H38O3.2C16H34O/c1-3-4-5-6-7-8-9-10-11-12-13-14-15-16-17-22-19(21)18(2)20;2*1-2-3-4-5-6-7-8-9-10-11-12-13-14-15-16-17/h18,20H,3-17H2,1-2H3;2*17H,2-16H2,1H3. The fraction of sp³-hybridized carbons (Fsp3) is 0.980. The van der Waals surface area contributed by atoms with E-state index in [4.69, 9.17) is 20.1 Å². The Labute approximate surface area is 353 Å². The van der Waals surface area contributed by atoms with E-state index in [2.05, 4.69) is 20.8 Å². The molecule has 0 saturated heterocycles. The highest BCUT2D eigenvalue weighted by Crippen LogP contribution is 2.15. The number of hydrogen-bond acceptors (Lipinski definition) is 5. The van der Waals surface area contributed by atoms with Crippen LogP contribution in [-0.4, -0.2) is 47.2 Å². The Balaban J connectivity index is -0.000000762. The van der Waals surface area contributed by atoms with Crippen LogP contribution in [0.4, 0.5) is 0 Å². The number of unbranched alkanes of at least 4 members (excludes halogenated alkanes) is 39. The first-order chi connectivity index (χ1) is 27.5. The van der Waals surface area contributed by atoms with Crippen LogP contribution in [0.1, 0.15) is 297 Å². The lowest BCUT2D eigenvalue weighted by Gasteiger charge is -2.06. The molecular weight excluding hydrogens is 693 g/mol. The van der Waals surface area contributed by atoms with Gasteiger partial charge in [0, 0.05) is 13.2 Å². The minimum absolute atomic E-state index is 0.373. The Hall–Kier alpha value is -0.650. The number of rotatable bonds is 44. The topological polar surface area (TPSA) is 87.0 Å². The van der Waals surface area contributed by atoms with Crippen LogP contribution in [-0.2, 0) is 9.53 Å². The molecule has 0 rings (SSSR count). The van der Waals surface area contributed by atoms with Crippen LogP contribution < -0.4 is 0 Å². The van der Waals surface area contributed by atoms with Crippen LogP contribution in [0.15, 0.2) is 0 Å². The monoisotopic (exact) mass is 799 g/mol. The van der Waals surface area contributed by atoms with Crippen molar-refractivity contribution < 1.29 is 24.9 Å². The molecular formula is C51H106O5. The van der Waals surface area contributed by atoms with Crippen molar-refractivity contribution in [1.29, 1.82) is 0 Å². The molecule has 5 nitrogen and oxygen atoms in total. The summed E-state index contributed by atoms with van der Waals surface area (Å²) in [5.74, 6) is -0.505. The molecule has 0 radical (unpaired) electrons. The van der Waals surface area contributed by atoms with Gasteiger partial charge in [0.15, 0.2) is 0 Å². The average Bonchev–Trinajstić information content (AvgIpc) is 3.20. The first kappa shape index (κ1) is 59.7. The zero-order chi connectivity index (χ0) is 41.7. The lowest BCUT2D eigenvalue weighted by atomic mass is 10.0. The fourth-order valence-electron chi connectivity index (χ4n) is 7.20. The van der Waals surface area contributed by atoms with E-state index < -0.39 is 12.1 Å². The predicted molar refractivity (Wildman–Crippen MR) is 248 cm³/mol. The van der Waals surface area contributed by atoms with Gasteiger partial charge in [-0.1, -0.05) is 271 Å². The third-order valence-electron chi connectivity index (χ3n) is 11.1. The van der Waals surface area contributed by atoms with E-state index in [0.717, 1.165) is 25.7 Å². The summed E-state index contributed by atoms with van der Waals surface area (Å²) in [5.41, 5.74) is 0. The SMILES string of the molecule is CCCCCCCCCCCCCCCCO.CCCCCCCCCCCCCCCCO.CCCCCCCCCCCCCCCCOC(=O)C(C)O. The van der Waals surface area contributed by atoms with Crippen LogP contribution in [0, 0.1) is 0 Å². The number of carbonyl (C=O) groups excluding carboxylic acids is 1. The molecule has 0 aromatic carbocycles. The molecule has 1 atom stereocenters. The summed E-state index contributed by atoms with van der Waals surface area (Å²) < 4.78 is 4.92. The Kier molecular flexibility index (Phi) is 62.5. The molecule has 3 N–H and O–H groups in total. The Morgan fingerprint density at radius 3 is 0.696 bits per heavy atom. The van der Waals surface area contributed by atoms with Gasteiger partial charge in [-0.05, 0) is 26.2 Å². The van der Waals surface area contributed by atoms with E-state index in [1.807, 2.05) is 0 Å². The minimum atomic E-state index is -0.994. The lowest BCUT2D eigenvalue weighted by molar-refractivity contribution is -0.152. The average molecular weight is 799 g/mol. The fourth-order valence-corrected chi connectivity index (χ4v) is 7.20. The predicted octanol–water partition coefficient (Wildman–Crippen LogP) is 16.3. The van der Waals surface area contributed by atoms with Gasteiger partial charge in [-0.2, -0.15) is 0 Å². The molecule has 0 amide bonds. The molecule has 0 aliphatic heterocycles. The zero-order valence-electron chi connectivity index (χ0n) is 39.1. The van der Waals surface area contributed by atoms with Gasteiger partial charge in [0.05, 0.1) is 6.61 Å². The van der Waals surface area contributed by atoms with Gasteiger partial charge in [-0.15, -0.1) is 0 Å². The smallest absolute Gasteiger partial charge is 0.334 e. The number of carbonyl (C=O) groups is 1. The second kappa shape index (κ2) is 58.7. The van der Waals surface area contributed by atoms with E-state index in [1.54, 1.807) is 0 Å². The molecule has 0 heterocycles. The molecule has 0 aliphatic carbocycles. The summed E-state index contributed by atoms with van der Waals surface area (Å²) in [5, 5.41) is 26.2. The van der Waals surface area contributed by atoms with Crippen molar-refractivity contribution in [3.05, 3.63) is 0 Å². The van der Waals surface area contributed by atoms with Gasteiger partial charge < -0.3 is 20.1 Å². The van der Waals surface area contributed by atoms with E-state index in [1.165, 1.54) is 251 Å². The molecule has 0 bridgehead atoms. The maximum absolute atomic E-state index is 11.0. The van der Waals surface area contributed by atoms with Crippen molar-refractivity contribution in [1.82, 2.24) is 0 Å². The molecule has 340 valence electrons. The van der Waals surface area contributed by atoms with Crippen molar-refractivity contribution in [2.24, 2.45) is 0 Å². The number of aliphatic hydroxyl groups is 3. The summed E-state index contributed by atoms with van der Waals surface area (Å²) in [6.07, 6.45) is 55.9. The van der Waals surface area contributed by atoms with Gasteiger partial charge in [0.2, 0.25) is 0 Å². The summed E-state index contributed by atoms with van der Waals surface area (Å²) in [6, 6.07) is 0. The zero-order valence-corrected chi connectivity index (χ0v) is 39.1. The van der Waals surface area contributed by atoms with E-state index in [0.29, 0.717) is 19.8 Å². The van der Waals surface area contributed by atoms with Crippen LogP contribution in [0.25, 0.3) is 0 Å². The Morgan fingerprint density at radius 2 is 0.518 bits per heavy atom. The number of aliphatic hydroxyl groups excluding tert-OH is 3. The molecule has 1 unspecified atom stereocenters. The van der Waals surface area contributed by atoms with Crippen molar-refractivity contribution in [2.45, 2.75) is 303 Å². The minimum Gasteiger partial charge on any atom is -0.464 e. The largest absolute Gasteiger partial charge is 0.464 e. The van der Waals surface area contributed by atoms with Gasteiger partial charge >= 0.3 is 5.97 Å². The maximum Gasteiger partial charge on any atom is 0.334 e. The quantitative estimate of drug-likeness (QED) is 0.0422. The highest BCUT2D eigenvalue weighted by molar-refractivity contribution is 5.73. The van der Waals surface area contributed by atoms with Gasteiger partial charge in [0.25, 0.3) is 0 Å². The van der Waals surface area contributed by atoms with Crippen LogP contribution in [0.3, 0.4) is 0 Å². The number of hydrogen-bond donors (Lipinski definition) is 3. The van der Waals surface area contributed by atoms with Crippen LogP contribution >= 0.6 is 0 Å². The summed E-state index contributed by atoms with van der Waals surface area (Å²) >= 11 is 0. The lowest BCUT2D eigenvalue weighted by Crippen LogP contribution is -2.19. The molecule has 0 spiro atoms. The van der Waals surface area contributed by atoms with Crippen molar-refractivity contribution in [3.8, 4) is 0 Å². The van der Waals surface area contributed by atoms with E-state index in [-0.39, 0.29) is 0 Å². The van der Waals surface area contributed by atoms with Gasteiger partial charge in [-0.3, -0.25) is 0 Å². The maximum atomic E-state index is 11.0. The highest BCUT2D eigenvalue weighted by atomic mass is 16.5. The molecule has 0 aromatic heterocycles. The summed E-state index contributed by atoms with van der Waals surface area (Å²) in [4.78, 5) is 11.0. The number of ether oxygens (including phenoxy) is 1. The second-order valence-corrected chi connectivity index (χ2v) is 17.1. The van der Waals surface area contributed by atoms with Crippen molar-refractivity contribution in [2.75, 3.05) is 19.8 Å². The van der Waals surface area contributed by atoms with E-state index in [9.17, 15) is 4.79 Å². The molecule has 0 fully saturated rings. The van der Waals surface area contributed by atoms with Gasteiger partial charge in [-0.25, -0.2) is 4.79 Å². The molecule has 0 saturated carbocycles. The van der Waals surface area contributed by atoms with Gasteiger partial charge in [0.1, 0.15) is 6.10 Å². The third-order valence-corrected chi connectivity index (χ3v) is 11.1. The highest BCUT2D eigenvalue weighted by Gasteiger charge is 2.08. The molecule has 0 aliphatic rings. The third kappa shape index (κ3) is 62.5. The van der Waals surface area contributed by atoms with Crippen molar-refractivity contribution >= 4 is 5.97 Å². The summed E-state index contributed by atoms with van der Waals surface area (Å²) in [7, 11) is 0. The van der Waals surface area contributed by atoms with E-state index >= 15 is 0 Å². The Morgan fingerprint density at radius 1 is 0.339 bits per heavy atom. The molecule has 5 heteroatoms. The van der Waals surface area contributed by atoms with Crippen LogP contribution in [0.2, 0.25) is 0 Å². The second-order valence-electron chi connectivity index (χ2n) is 17.1. The Bertz CT molecular complexity index is 596. The molecule has 56 heavy (non-hydrogen) atoms. The van der Waals surface area contributed by atoms with Crippen molar-refractivity contribution in [3.63, 3.8) is 0 Å². The number of esters is 1. The first-order valence-corrected chi connectivity index (χ1v) is 25.6. The molecule has 0 aromatic rings. The first-order valence-electron chi connectivity index (χ1n) is 25.6. The van der Waals surface area contributed by atoms with Crippen LogP contribution in [0.5, 0.6) is 0 Å². The normalized spacial score (nSPS) is 11.5.